The number of carbonyl (C=O) groups excluding carboxylic acids is 2. The van der Waals surface area contributed by atoms with Crippen LogP contribution in [0.3, 0.4) is 0 Å². The van der Waals surface area contributed by atoms with E-state index in [-0.39, 0.29) is 12.5 Å². The normalized spacial score (nSPS) is 17.9. The molecule has 0 unspecified atom stereocenters. The van der Waals surface area contributed by atoms with E-state index in [1.165, 1.54) is 4.90 Å². The third kappa shape index (κ3) is 3.19. The molecule has 5 nitrogen and oxygen atoms in total. The molecule has 0 spiro atoms. The number of benzene rings is 3. The van der Waals surface area contributed by atoms with Crippen LogP contribution < -0.4 is 10.2 Å². The maximum absolute atomic E-state index is 13.3. The van der Waals surface area contributed by atoms with E-state index in [4.69, 9.17) is 0 Å². The van der Waals surface area contributed by atoms with Crippen molar-refractivity contribution in [2.45, 2.75) is 19.4 Å². The molecule has 0 radical (unpaired) electrons. The number of aryl methyl sites for hydroxylation is 2. The van der Waals surface area contributed by atoms with Crippen molar-refractivity contribution in [1.82, 2.24) is 0 Å². The van der Waals surface area contributed by atoms with Crippen molar-refractivity contribution in [3.05, 3.63) is 95.1 Å². The average Bonchev–Trinajstić information content (AvgIpc) is 2.94. The Morgan fingerprint density at radius 3 is 2.41 bits per heavy atom. The maximum atomic E-state index is 13.3. The van der Waals surface area contributed by atoms with E-state index in [1.807, 2.05) is 38.1 Å². The summed E-state index contributed by atoms with van der Waals surface area (Å²) in [5, 5.41) is 14.3. The number of fused-ring (bicyclic) bond motifs is 1. The second-order valence-corrected chi connectivity index (χ2v) is 7.35. The zero-order valence-corrected chi connectivity index (χ0v) is 16.3. The molecule has 2 amide bonds. The number of hydrogen-bond donors (Lipinski definition) is 2. The van der Waals surface area contributed by atoms with E-state index >= 15 is 0 Å². The molecule has 0 aromatic heterocycles. The van der Waals surface area contributed by atoms with Gasteiger partial charge < -0.3 is 10.4 Å². The molecule has 0 saturated heterocycles. The second kappa shape index (κ2) is 7.18. The zero-order chi connectivity index (χ0) is 20.6. The van der Waals surface area contributed by atoms with Gasteiger partial charge in [-0.1, -0.05) is 66.2 Å². The van der Waals surface area contributed by atoms with Crippen LogP contribution in [0.5, 0.6) is 0 Å². The molecule has 1 heterocycles. The van der Waals surface area contributed by atoms with Gasteiger partial charge in [0.1, 0.15) is 6.54 Å². The molecule has 29 heavy (non-hydrogen) atoms. The van der Waals surface area contributed by atoms with Crippen LogP contribution in [0.25, 0.3) is 0 Å². The lowest BCUT2D eigenvalue weighted by atomic mass is 9.88. The first-order chi connectivity index (χ1) is 13.9. The third-order valence-electron chi connectivity index (χ3n) is 5.29. The van der Waals surface area contributed by atoms with Crippen LogP contribution >= 0.6 is 0 Å². The lowest BCUT2D eigenvalue weighted by molar-refractivity contribution is -0.133. The lowest BCUT2D eigenvalue weighted by Gasteiger charge is -2.23. The van der Waals surface area contributed by atoms with Crippen molar-refractivity contribution < 1.29 is 14.7 Å². The van der Waals surface area contributed by atoms with E-state index in [2.05, 4.69) is 5.32 Å². The van der Waals surface area contributed by atoms with Gasteiger partial charge in [0.15, 0.2) is 5.60 Å². The van der Waals surface area contributed by atoms with Crippen LogP contribution in [-0.2, 0) is 15.2 Å². The maximum Gasteiger partial charge on any atom is 0.268 e. The molecule has 4 rings (SSSR count). The summed E-state index contributed by atoms with van der Waals surface area (Å²) in [6.45, 7) is 3.73. The van der Waals surface area contributed by atoms with Gasteiger partial charge in [-0.15, -0.1) is 0 Å². The standard InChI is InChI=1S/C24H22N2O3/c1-16-12-13-20(17(2)14-16)25-22(27)15-26-21-11-7-6-10-19(21)24(29,23(26)28)18-8-4-3-5-9-18/h3-14,29H,15H2,1-2H3,(H,25,27)/t24-/m1/s1. The Bertz CT molecular complexity index is 1090. The third-order valence-corrected chi connectivity index (χ3v) is 5.29. The lowest BCUT2D eigenvalue weighted by Crippen LogP contribution is -2.44. The van der Waals surface area contributed by atoms with E-state index in [9.17, 15) is 14.7 Å². The number of rotatable bonds is 4. The van der Waals surface area contributed by atoms with Crippen LogP contribution in [0.2, 0.25) is 0 Å². The Hall–Kier alpha value is -3.44. The van der Waals surface area contributed by atoms with Crippen LogP contribution in [0, 0.1) is 13.8 Å². The van der Waals surface area contributed by atoms with Crippen molar-refractivity contribution in [2.75, 3.05) is 16.8 Å². The van der Waals surface area contributed by atoms with Crippen molar-refractivity contribution in [1.29, 1.82) is 0 Å². The molecule has 1 aliphatic heterocycles. The Balaban J connectivity index is 1.65. The smallest absolute Gasteiger partial charge is 0.268 e. The van der Waals surface area contributed by atoms with Crippen LogP contribution in [0.1, 0.15) is 22.3 Å². The summed E-state index contributed by atoms with van der Waals surface area (Å²) < 4.78 is 0. The summed E-state index contributed by atoms with van der Waals surface area (Å²) in [7, 11) is 0. The van der Waals surface area contributed by atoms with Crippen LogP contribution in [0.15, 0.2) is 72.8 Å². The highest BCUT2D eigenvalue weighted by Crippen LogP contribution is 2.44. The summed E-state index contributed by atoms with van der Waals surface area (Å²) in [6.07, 6.45) is 0. The fourth-order valence-electron chi connectivity index (χ4n) is 3.84. The van der Waals surface area contributed by atoms with Crippen molar-refractivity contribution in [2.24, 2.45) is 0 Å². The van der Waals surface area contributed by atoms with Crippen molar-refractivity contribution in [3.63, 3.8) is 0 Å². The molecule has 1 aliphatic rings. The minimum absolute atomic E-state index is 0.182. The second-order valence-electron chi connectivity index (χ2n) is 7.35. The van der Waals surface area contributed by atoms with Gasteiger partial charge in [-0.25, -0.2) is 0 Å². The van der Waals surface area contributed by atoms with E-state index in [1.54, 1.807) is 48.5 Å². The van der Waals surface area contributed by atoms with E-state index in [0.717, 1.165) is 11.1 Å². The van der Waals surface area contributed by atoms with E-state index in [0.29, 0.717) is 22.5 Å². The van der Waals surface area contributed by atoms with Gasteiger partial charge in [-0.3, -0.25) is 14.5 Å². The molecule has 3 aromatic rings. The SMILES string of the molecule is Cc1ccc(NC(=O)CN2C(=O)[C@@](O)(c3ccccc3)c3ccccc32)c(C)c1. The molecular formula is C24H22N2O3. The van der Waals surface area contributed by atoms with Crippen molar-refractivity contribution in [3.8, 4) is 0 Å². The highest BCUT2D eigenvalue weighted by molar-refractivity contribution is 6.12. The molecule has 146 valence electrons. The van der Waals surface area contributed by atoms with Gasteiger partial charge in [0.25, 0.3) is 5.91 Å². The largest absolute Gasteiger partial charge is 0.372 e. The number of nitrogens with one attached hydrogen (secondary N) is 1. The number of para-hydroxylation sites is 1. The summed E-state index contributed by atoms with van der Waals surface area (Å²) in [4.78, 5) is 27.4. The molecule has 0 fully saturated rings. The molecule has 5 heteroatoms. The molecule has 2 N–H and O–H groups in total. The first-order valence-electron chi connectivity index (χ1n) is 9.47. The fourth-order valence-corrected chi connectivity index (χ4v) is 3.84. The predicted molar refractivity (Wildman–Crippen MR) is 113 cm³/mol. The van der Waals surface area contributed by atoms with Gasteiger partial charge >= 0.3 is 0 Å². The minimum Gasteiger partial charge on any atom is -0.372 e. The monoisotopic (exact) mass is 386 g/mol. The highest BCUT2D eigenvalue weighted by atomic mass is 16.3. The van der Waals surface area contributed by atoms with Gasteiger partial charge in [0.05, 0.1) is 5.69 Å². The summed E-state index contributed by atoms with van der Waals surface area (Å²) in [5.41, 5.74) is 2.46. The summed E-state index contributed by atoms with van der Waals surface area (Å²) in [5.74, 6) is -0.849. The number of aliphatic hydroxyl groups is 1. The minimum atomic E-state index is -1.81. The summed E-state index contributed by atoms with van der Waals surface area (Å²) in [6, 6.07) is 21.6. The van der Waals surface area contributed by atoms with Gasteiger partial charge in [-0.2, -0.15) is 0 Å². The fraction of sp³-hybridized carbons (Fsp3) is 0.167. The van der Waals surface area contributed by atoms with Crippen LogP contribution in [-0.4, -0.2) is 23.5 Å². The predicted octanol–water partition coefficient (Wildman–Crippen LogP) is 3.52. The van der Waals surface area contributed by atoms with Gasteiger partial charge in [0.2, 0.25) is 5.91 Å². The number of anilines is 2. The Morgan fingerprint density at radius 2 is 1.69 bits per heavy atom. The Morgan fingerprint density at radius 1 is 1.00 bits per heavy atom. The van der Waals surface area contributed by atoms with Crippen LogP contribution in [0.4, 0.5) is 11.4 Å². The number of nitrogens with zero attached hydrogens (tertiary/aromatic N) is 1. The van der Waals surface area contributed by atoms with Gasteiger partial charge in [0, 0.05) is 11.3 Å². The average molecular weight is 386 g/mol. The molecule has 0 aliphatic carbocycles. The Kier molecular flexibility index (Phi) is 4.68. The number of amides is 2. The van der Waals surface area contributed by atoms with E-state index < -0.39 is 11.5 Å². The zero-order valence-electron chi connectivity index (χ0n) is 16.3. The molecule has 0 saturated carbocycles. The number of hydrogen-bond acceptors (Lipinski definition) is 3. The molecular weight excluding hydrogens is 364 g/mol. The first kappa shape index (κ1) is 18.9. The molecule has 1 atom stereocenters. The highest BCUT2D eigenvalue weighted by Gasteiger charge is 2.51. The quantitative estimate of drug-likeness (QED) is 0.721. The van der Waals surface area contributed by atoms with Gasteiger partial charge in [-0.05, 0) is 37.1 Å². The topological polar surface area (TPSA) is 69.6 Å². The Labute approximate surface area is 169 Å². The molecule has 0 bridgehead atoms. The summed E-state index contributed by atoms with van der Waals surface area (Å²) >= 11 is 0. The first-order valence-corrected chi connectivity index (χ1v) is 9.47. The molecule has 3 aromatic carbocycles. The number of carbonyl (C=O) groups is 2. The van der Waals surface area contributed by atoms with Crippen molar-refractivity contribution >= 4 is 23.2 Å².